The van der Waals surface area contributed by atoms with Crippen molar-refractivity contribution in [3.8, 4) is 0 Å². The first-order valence-electron chi connectivity index (χ1n) is 6.85. The largest absolute Gasteiger partial charge is 0.480 e. The average molecular weight is 324 g/mol. The molecule has 2 aliphatic rings. The first-order chi connectivity index (χ1) is 9.09. The molecule has 3 rings (SSSR count). The van der Waals surface area contributed by atoms with Crippen LogP contribution in [0.4, 0.5) is 0 Å². The van der Waals surface area contributed by atoms with Gasteiger partial charge in [0.25, 0.3) is 0 Å². The highest BCUT2D eigenvalue weighted by Gasteiger charge is 2.42. The van der Waals surface area contributed by atoms with Gasteiger partial charge in [0.2, 0.25) is 0 Å². The molecule has 4 heteroatoms. The molecule has 1 saturated heterocycles. The van der Waals surface area contributed by atoms with Gasteiger partial charge in [-0.25, -0.2) is 0 Å². The zero-order chi connectivity index (χ0) is 13.6. The second-order valence-electron chi connectivity index (χ2n) is 5.65. The Morgan fingerprint density at radius 2 is 2.21 bits per heavy atom. The Morgan fingerprint density at radius 3 is 2.95 bits per heavy atom. The number of carboxylic acid groups (broad SMARTS) is 1. The number of carboxylic acids is 1. The van der Waals surface area contributed by atoms with Gasteiger partial charge in [-0.05, 0) is 48.9 Å². The van der Waals surface area contributed by atoms with Crippen LogP contribution < -0.4 is 0 Å². The van der Waals surface area contributed by atoms with Crippen molar-refractivity contribution in [1.82, 2.24) is 4.90 Å². The minimum Gasteiger partial charge on any atom is -0.480 e. The first-order valence-corrected chi connectivity index (χ1v) is 7.64. The van der Waals surface area contributed by atoms with Crippen LogP contribution in [-0.2, 0) is 11.2 Å². The summed E-state index contributed by atoms with van der Waals surface area (Å²) in [5.41, 5.74) is 2.67. The number of rotatable bonds is 2. The summed E-state index contributed by atoms with van der Waals surface area (Å²) < 4.78 is 1.16. The van der Waals surface area contributed by atoms with Crippen molar-refractivity contribution < 1.29 is 9.90 Å². The number of nitrogens with zero attached hydrogens (tertiary/aromatic N) is 1. The van der Waals surface area contributed by atoms with Crippen LogP contribution in [-0.4, -0.2) is 28.6 Å². The summed E-state index contributed by atoms with van der Waals surface area (Å²) in [5.74, 6) is -0.429. The molecule has 1 aliphatic carbocycles. The van der Waals surface area contributed by atoms with Gasteiger partial charge in [0, 0.05) is 10.5 Å². The Bertz CT molecular complexity index is 517. The SMILES string of the molecule is CC1CCN(C2CCc3c(Br)cccc32)C1C(=O)O. The van der Waals surface area contributed by atoms with E-state index in [1.807, 2.05) is 0 Å². The van der Waals surface area contributed by atoms with Crippen molar-refractivity contribution in [2.75, 3.05) is 6.54 Å². The predicted octanol–water partition coefficient (Wildman–Crippen LogP) is 3.23. The lowest BCUT2D eigenvalue weighted by atomic mass is 10.0. The number of aliphatic carboxylic acids is 1. The lowest BCUT2D eigenvalue weighted by Crippen LogP contribution is -2.40. The summed E-state index contributed by atoms with van der Waals surface area (Å²) in [5, 5.41) is 9.47. The van der Waals surface area contributed by atoms with Gasteiger partial charge in [-0.1, -0.05) is 35.0 Å². The zero-order valence-electron chi connectivity index (χ0n) is 11.0. The first kappa shape index (κ1) is 13.1. The minimum absolute atomic E-state index is 0.244. The molecule has 0 spiro atoms. The van der Waals surface area contributed by atoms with E-state index in [1.54, 1.807) is 0 Å². The van der Waals surface area contributed by atoms with E-state index in [0.29, 0.717) is 0 Å². The third-order valence-electron chi connectivity index (χ3n) is 4.57. The van der Waals surface area contributed by atoms with Crippen molar-refractivity contribution in [1.29, 1.82) is 0 Å². The molecule has 19 heavy (non-hydrogen) atoms. The topological polar surface area (TPSA) is 40.5 Å². The van der Waals surface area contributed by atoms with E-state index in [0.717, 1.165) is 30.3 Å². The smallest absolute Gasteiger partial charge is 0.321 e. The molecule has 1 aromatic carbocycles. The highest BCUT2D eigenvalue weighted by Crippen LogP contribution is 2.43. The fourth-order valence-corrected chi connectivity index (χ4v) is 4.22. The fourth-order valence-electron chi connectivity index (χ4n) is 3.64. The summed E-state index contributed by atoms with van der Waals surface area (Å²) in [6.07, 6.45) is 3.06. The number of carbonyl (C=O) groups is 1. The second kappa shape index (κ2) is 4.91. The number of benzene rings is 1. The normalized spacial score (nSPS) is 30.5. The maximum Gasteiger partial charge on any atom is 0.321 e. The third kappa shape index (κ3) is 2.11. The molecule has 3 atom stereocenters. The summed E-state index contributed by atoms with van der Waals surface area (Å²) in [4.78, 5) is 13.7. The van der Waals surface area contributed by atoms with Crippen LogP contribution in [0.3, 0.4) is 0 Å². The Balaban J connectivity index is 1.93. The lowest BCUT2D eigenvalue weighted by molar-refractivity contribution is -0.144. The van der Waals surface area contributed by atoms with Crippen molar-refractivity contribution in [2.45, 2.75) is 38.3 Å². The summed E-state index contributed by atoms with van der Waals surface area (Å²) >= 11 is 3.60. The average Bonchev–Trinajstić information content (AvgIpc) is 2.93. The molecule has 0 saturated carbocycles. The van der Waals surface area contributed by atoms with Gasteiger partial charge in [-0.3, -0.25) is 9.69 Å². The number of halogens is 1. The summed E-state index contributed by atoms with van der Waals surface area (Å²) in [7, 11) is 0. The maximum absolute atomic E-state index is 11.5. The van der Waals surface area contributed by atoms with Gasteiger partial charge in [0.05, 0.1) is 0 Å². The van der Waals surface area contributed by atoms with Crippen LogP contribution in [0.2, 0.25) is 0 Å². The minimum atomic E-state index is -0.673. The van der Waals surface area contributed by atoms with E-state index in [2.05, 4.69) is 46.0 Å². The molecule has 0 radical (unpaired) electrons. The molecule has 0 bridgehead atoms. The Kier molecular flexibility index (Phi) is 3.39. The molecule has 0 amide bonds. The van der Waals surface area contributed by atoms with Crippen LogP contribution >= 0.6 is 15.9 Å². The molecule has 1 heterocycles. The van der Waals surface area contributed by atoms with Crippen molar-refractivity contribution in [2.24, 2.45) is 5.92 Å². The van der Waals surface area contributed by atoms with E-state index in [4.69, 9.17) is 0 Å². The molecule has 1 fully saturated rings. The Morgan fingerprint density at radius 1 is 1.42 bits per heavy atom. The zero-order valence-corrected chi connectivity index (χ0v) is 12.6. The van der Waals surface area contributed by atoms with Gasteiger partial charge in [0.15, 0.2) is 0 Å². The second-order valence-corrected chi connectivity index (χ2v) is 6.50. The van der Waals surface area contributed by atoms with Gasteiger partial charge in [0.1, 0.15) is 6.04 Å². The van der Waals surface area contributed by atoms with E-state index in [1.165, 1.54) is 11.1 Å². The number of hydrogen-bond acceptors (Lipinski definition) is 2. The highest BCUT2D eigenvalue weighted by molar-refractivity contribution is 9.10. The lowest BCUT2D eigenvalue weighted by Gasteiger charge is -2.30. The van der Waals surface area contributed by atoms with Crippen LogP contribution in [0.5, 0.6) is 0 Å². The molecule has 1 aromatic rings. The fraction of sp³-hybridized carbons (Fsp3) is 0.533. The molecular formula is C15H18BrNO2. The number of hydrogen-bond donors (Lipinski definition) is 1. The van der Waals surface area contributed by atoms with Gasteiger partial charge in [-0.15, -0.1) is 0 Å². The van der Waals surface area contributed by atoms with Gasteiger partial charge < -0.3 is 5.11 Å². The molecule has 1 aliphatic heterocycles. The molecule has 102 valence electrons. The monoisotopic (exact) mass is 323 g/mol. The van der Waals surface area contributed by atoms with Crippen molar-refractivity contribution in [3.63, 3.8) is 0 Å². The van der Waals surface area contributed by atoms with Crippen molar-refractivity contribution >= 4 is 21.9 Å². The molecule has 3 unspecified atom stereocenters. The van der Waals surface area contributed by atoms with Crippen LogP contribution in [0.25, 0.3) is 0 Å². The van der Waals surface area contributed by atoms with Gasteiger partial charge >= 0.3 is 5.97 Å². The molecule has 3 nitrogen and oxygen atoms in total. The van der Waals surface area contributed by atoms with Crippen LogP contribution in [0.15, 0.2) is 22.7 Å². The molecular weight excluding hydrogens is 306 g/mol. The highest BCUT2D eigenvalue weighted by atomic mass is 79.9. The summed E-state index contributed by atoms with van der Waals surface area (Å²) in [6.45, 7) is 2.95. The van der Waals surface area contributed by atoms with E-state index >= 15 is 0 Å². The van der Waals surface area contributed by atoms with Crippen LogP contribution in [0.1, 0.15) is 36.9 Å². The number of likely N-dealkylation sites (tertiary alicyclic amines) is 1. The number of fused-ring (bicyclic) bond motifs is 1. The quantitative estimate of drug-likeness (QED) is 0.908. The molecule has 0 aromatic heterocycles. The Labute approximate surface area is 121 Å². The van der Waals surface area contributed by atoms with E-state index in [9.17, 15) is 9.90 Å². The Hall–Kier alpha value is -0.870. The summed E-state index contributed by atoms with van der Waals surface area (Å²) in [6, 6.07) is 6.23. The van der Waals surface area contributed by atoms with E-state index in [-0.39, 0.29) is 18.0 Å². The van der Waals surface area contributed by atoms with Crippen LogP contribution in [0, 0.1) is 5.92 Å². The standard InChI is InChI=1S/C15H18BrNO2/c1-9-7-8-17(14(9)15(18)19)13-6-5-10-11(13)3-2-4-12(10)16/h2-4,9,13-14H,5-8H2,1H3,(H,18,19). The maximum atomic E-state index is 11.5. The molecule has 1 N–H and O–H groups in total. The predicted molar refractivity (Wildman–Crippen MR) is 77.1 cm³/mol. The van der Waals surface area contributed by atoms with E-state index < -0.39 is 5.97 Å². The van der Waals surface area contributed by atoms with Gasteiger partial charge in [-0.2, -0.15) is 0 Å². The third-order valence-corrected chi connectivity index (χ3v) is 5.32. The van der Waals surface area contributed by atoms with Crippen molar-refractivity contribution in [3.05, 3.63) is 33.8 Å².